The van der Waals surface area contributed by atoms with Gasteiger partial charge < -0.3 is 20.1 Å². The number of rotatable bonds is 6. The molecule has 10 heteroatoms. The number of aliphatic hydroxyl groups is 1. The van der Waals surface area contributed by atoms with Crippen molar-refractivity contribution in [3.8, 4) is 0 Å². The highest BCUT2D eigenvalue weighted by Gasteiger charge is 2.52. The summed E-state index contributed by atoms with van der Waals surface area (Å²) in [6.07, 6.45) is 2.09. The molecule has 0 aromatic heterocycles. The third-order valence-corrected chi connectivity index (χ3v) is 5.87. The van der Waals surface area contributed by atoms with Gasteiger partial charge in [0.05, 0.1) is 0 Å². The van der Waals surface area contributed by atoms with Gasteiger partial charge in [-0.15, -0.1) is 4.58 Å². The monoisotopic (exact) mass is 467 g/mol. The van der Waals surface area contributed by atoms with E-state index in [1.807, 2.05) is 13.8 Å². The number of aliphatic imine (C=N–C) groups is 1. The van der Waals surface area contributed by atoms with Crippen LogP contribution in [0.2, 0.25) is 0 Å². The van der Waals surface area contributed by atoms with Crippen LogP contribution in [-0.2, 0) is 25.5 Å². The largest absolute Gasteiger partial charge is 0.504 e. The van der Waals surface area contributed by atoms with Gasteiger partial charge in [0.15, 0.2) is 17.0 Å². The number of carbonyl (C=O) groups is 3. The SMILES string of the molecule is CCN(CC)C(=O)C1=C[N+]2=C3C(=NC=C(Cc4ccc(F)cc4)C3O1)C(O)=C(C(=O)NC)C2=O. The van der Waals surface area contributed by atoms with Gasteiger partial charge in [-0.1, -0.05) is 12.1 Å². The lowest BCUT2D eigenvalue weighted by Crippen LogP contribution is -2.52. The molecule has 1 unspecified atom stereocenters. The van der Waals surface area contributed by atoms with Crippen LogP contribution in [0.4, 0.5) is 4.39 Å². The van der Waals surface area contributed by atoms with Crippen molar-refractivity contribution in [2.75, 3.05) is 20.1 Å². The average Bonchev–Trinajstić information content (AvgIpc) is 2.84. The molecule has 0 radical (unpaired) electrons. The maximum Gasteiger partial charge on any atom is 0.434 e. The lowest BCUT2D eigenvalue weighted by atomic mass is 9.89. The fourth-order valence-electron chi connectivity index (χ4n) is 4.07. The van der Waals surface area contributed by atoms with E-state index in [0.29, 0.717) is 25.1 Å². The van der Waals surface area contributed by atoms with Crippen LogP contribution in [-0.4, -0.2) is 70.0 Å². The summed E-state index contributed by atoms with van der Waals surface area (Å²) in [6.45, 7) is 4.51. The first kappa shape index (κ1) is 23.1. The lowest BCUT2D eigenvalue weighted by Gasteiger charge is -2.31. The van der Waals surface area contributed by atoms with Crippen LogP contribution in [0.25, 0.3) is 0 Å². The molecule has 0 aliphatic carbocycles. The molecule has 3 aliphatic rings. The number of hydrogen-bond donors (Lipinski definition) is 2. The number of halogens is 1. The van der Waals surface area contributed by atoms with Crippen LogP contribution >= 0.6 is 0 Å². The maximum atomic E-state index is 13.4. The maximum absolute atomic E-state index is 13.4. The van der Waals surface area contributed by atoms with E-state index in [2.05, 4.69) is 10.3 Å². The Hall–Kier alpha value is -4.08. The van der Waals surface area contributed by atoms with Crippen LogP contribution in [0, 0.1) is 5.82 Å². The van der Waals surface area contributed by atoms with Gasteiger partial charge >= 0.3 is 5.91 Å². The number of amides is 3. The number of likely N-dealkylation sites (N-methyl/N-ethyl adjacent to an activating group) is 2. The van der Waals surface area contributed by atoms with E-state index >= 15 is 0 Å². The zero-order valence-electron chi connectivity index (χ0n) is 19.0. The van der Waals surface area contributed by atoms with Crippen molar-refractivity contribution >= 4 is 29.1 Å². The number of benzene rings is 1. The molecular weight excluding hydrogens is 443 g/mol. The second-order valence-corrected chi connectivity index (χ2v) is 7.82. The number of ether oxygens (including phenoxy) is 1. The first-order valence-electron chi connectivity index (χ1n) is 10.9. The molecule has 9 nitrogen and oxygen atoms in total. The standard InChI is InChI=1S/C24H23FN4O5/c1-4-28(5-2)23(32)16-12-29-19-18(20(30)17(24(29)33)22(31)26-3)27-11-14(21(19)34-16)10-13-6-8-15(25)9-7-13/h6-9,11-12,21H,4-5,10H2,1-3H3,(H-,26,30,31,33)/p+1. The first-order chi connectivity index (χ1) is 16.3. The number of hydrogen-bond acceptors (Lipinski definition) is 6. The van der Waals surface area contributed by atoms with Gasteiger partial charge in [-0.25, -0.2) is 14.2 Å². The molecule has 3 aliphatic heterocycles. The molecule has 176 valence electrons. The van der Waals surface area contributed by atoms with Crippen molar-refractivity contribution in [3.63, 3.8) is 0 Å². The third-order valence-electron chi connectivity index (χ3n) is 5.87. The Kier molecular flexibility index (Phi) is 6.14. The molecule has 0 bridgehead atoms. The summed E-state index contributed by atoms with van der Waals surface area (Å²) < 4.78 is 20.6. The van der Waals surface area contributed by atoms with Crippen LogP contribution in [0.5, 0.6) is 0 Å². The zero-order chi connectivity index (χ0) is 24.6. The number of carbonyl (C=O) groups excluding carboxylic acids is 3. The normalized spacial score (nSPS) is 19.0. The highest BCUT2D eigenvalue weighted by atomic mass is 19.1. The smallest absolute Gasteiger partial charge is 0.434 e. The number of nitrogens with zero attached hydrogens (tertiary/aromatic N) is 3. The van der Waals surface area contributed by atoms with Crippen molar-refractivity contribution in [3.05, 3.63) is 70.7 Å². The Morgan fingerprint density at radius 1 is 1.24 bits per heavy atom. The van der Waals surface area contributed by atoms with Gasteiger partial charge in [-0.2, -0.15) is 0 Å². The lowest BCUT2D eigenvalue weighted by molar-refractivity contribution is -0.385. The van der Waals surface area contributed by atoms with Gasteiger partial charge in [0, 0.05) is 31.9 Å². The summed E-state index contributed by atoms with van der Waals surface area (Å²) in [5.74, 6) is -3.00. The number of aliphatic hydroxyl groups excluding tert-OH is 1. The predicted molar refractivity (Wildman–Crippen MR) is 121 cm³/mol. The fourth-order valence-corrected chi connectivity index (χ4v) is 4.07. The third kappa shape index (κ3) is 3.81. The van der Waals surface area contributed by atoms with E-state index in [1.165, 1.54) is 31.6 Å². The minimum atomic E-state index is -0.922. The highest BCUT2D eigenvalue weighted by Crippen LogP contribution is 2.31. The van der Waals surface area contributed by atoms with E-state index in [-0.39, 0.29) is 23.0 Å². The Morgan fingerprint density at radius 2 is 1.91 bits per heavy atom. The zero-order valence-corrected chi connectivity index (χ0v) is 19.0. The molecule has 1 atom stereocenters. The summed E-state index contributed by atoms with van der Waals surface area (Å²) >= 11 is 0. The predicted octanol–water partition coefficient (Wildman–Crippen LogP) is 1.37. The molecular formula is C24H24FN4O5+. The molecule has 3 heterocycles. The number of nitrogens with one attached hydrogen (secondary N) is 1. The van der Waals surface area contributed by atoms with Crippen molar-refractivity contribution in [2.45, 2.75) is 26.4 Å². The van der Waals surface area contributed by atoms with Gasteiger partial charge in [0.25, 0.3) is 23.3 Å². The Balaban J connectivity index is 1.85. The van der Waals surface area contributed by atoms with Crippen molar-refractivity contribution < 1.29 is 33.2 Å². The Morgan fingerprint density at radius 3 is 2.53 bits per heavy atom. The van der Waals surface area contributed by atoms with Crippen LogP contribution in [0.1, 0.15) is 19.4 Å². The molecule has 0 saturated carbocycles. The van der Waals surface area contributed by atoms with Gasteiger partial charge in [-0.05, 0) is 38.0 Å². The minimum absolute atomic E-state index is 0.0108. The molecule has 0 fully saturated rings. The van der Waals surface area contributed by atoms with Crippen molar-refractivity contribution in [1.29, 1.82) is 0 Å². The van der Waals surface area contributed by atoms with E-state index in [0.717, 1.165) is 10.1 Å². The average molecular weight is 467 g/mol. The highest BCUT2D eigenvalue weighted by molar-refractivity contribution is 6.52. The van der Waals surface area contributed by atoms with E-state index in [4.69, 9.17) is 4.74 Å². The molecule has 34 heavy (non-hydrogen) atoms. The van der Waals surface area contributed by atoms with E-state index < -0.39 is 35.2 Å². The Labute approximate surface area is 195 Å². The van der Waals surface area contributed by atoms with Crippen LogP contribution in [0.15, 0.2) is 64.3 Å². The molecule has 4 rings (SSSR count). The molecule has 2 N–H and O–H groups in total. The van der Waals surface area contributed by atoms with Gasteiger partial charge in [-0.3, -0.25) is 9.59 Å². The topological polar surface area (TPSA) is 111 Å². The summed E-state index contributed by atoms with van der Waals surface area (Å²) in [5.41, 5.74) is 1.10. The Bertz CT molecular complexity index is 1240. The molecule has 1 aromatic rings. The second kappa shape index (κ2) is 9.05. The fraction of sp³-hybridized carbons (Fsp3) is 0.292. The summed E-state index contributed by atoms with van der Waals surface area (Å²) in [6, 6.07) is 5.90. The summed E-state index contributed by atoms with van der Waals surface area (Å²) in [5, 5.41) is 13.1. The molecule has 1 aromatic carbocycles. The van der Waals surface area contributed by atoms with E-state index in [1.54, 1.807) is 17.0 Å². The van der Waals surface area contributed by atoms with Crippen molar-refractivity contribution in [1.82, 2.24) is 10.2 Å². The first-order valence-corrected chi connectivity index (χ1v) is 10.9. The number of allylic oxidation sites excluding steroid dienone is 1. The van der Waals surface area contributed by atoms with Crippen molar-refractivity contribution in [2.24, 2.45) is 4.99 Å². The quantitative estimate of drug-likeness (QED) is 0.485. The molecule has 3 amide bonds. The van der Waals surface area contributed by atoms with Crippen LogP contribution < -0.4 is 5.32 Å². The van der Waals surface area contributed by atoms with Gasteiger partial charge in [0.1, 0.15) is 5.82 Å². The second-order valence-electron chi connectivity index (χ2n) is 7.82. The molecule has 0 spiro atoms. The molecule has 0 saturated heterocycles. The van der Waals surface area contributed by atoms with Crippen LogP contribution in [0.3, 0.4) is 0 Å². The van der Waals surface area contributed by atoms with Gasteiger partial charge in [0.2, 0.25) is 12.3 Å². The summed E-state index contributed by atoms with van der Waals surface area (Å²) in [7, 11) is 1.34. The van der Waals surface area contributed by atoms with E-state index in [9.17, 15) is 23.9 Å². The minimum Gasteiger partial charge on any atom is -0.504 e. The summed E-state index contributed by atoms with van der Waals surface area (Å²) in [4.78, 5) is 44.6.